The zero-order valence-electron chi connectivity index (χ0n) is 15.1. The van der Waals surface area contributed by atoms with Gasteiger partial charge >= 0.3 is 5.97 Å². The summed E-state index contributed by atoms with van der Waals surface area (Å²) in [6.45, 7) is 7.30. The molecule has 26 heavy (non-hydrogen) atoms. The van der Waals surface area contributed by atoms with Crippen LogP contribution in [0.3, 0.4) is 0 Å². The van der Waals surface area contributed by atoms with Crippen LogP contribution in [0.2, 0.25) is 0 Å². The number of nitro groups is 1. The number of nitro benzene ring substituents is 1. The lowest BCUT2D eigenvalue weighted by Crippen LogP contribution is -2.55. The number of carbonyl (C=O) groups excluding carboxylic acids is 1. The standard InChI is InChI=1S/C18H21N3O5/c1-5-25-17(22)14-10(2)19-18(4)16(11(3)20-26-18)15(14)12-8-6-7-9-13(12)21(23)24/h6-9,15-16,19H,5H2,1-4H3. The first kappa shape index (κ1) is 17.9. The van der Waals surface area contributed by atoms with E-state index in [1.54, 1.807) is 39.0 Å². The number of para-hydroxylation sites is 1. The minimum absolute atomic E-state index is 0.0453. The Labute approximate surface area is 151 Å². The number of carbonyl (C=O) groups is 1. The molecule has 3 rings (SSSR count). The van der Waals surface area contributed by atoms with Crippen molar-refractivity contribution in [3.05, 3.63) is 51.2 Å². The maximum atomic E-state index is 12.7. The molecule has 2 heterocycles. The maximum Gasteiger partial charge on any atom is 0.336 e. The molecule has 0 aromatic heterocycles. The van der Waals surface area contributed by atoms with Crippen molar-refractivity contribution in [3.8, 4) is 0 Å². The van der Waals surface area contributed by atoms with Crippen LogP contribution in [0.15, 0.2) is 40.7 Å². The van der Waals surface area contributed by atoms with Gasteiger partial charge in [-0.3, -0.25) is 10.1 Å². The fourth-order valence-corrected chi connectivity index (χ4v) is 3.92. The Morgan fingerprint density at radius 1 is 1.42 bits per heavy atom. The first-order valence-corrected chi connectivity index (χ1v) is 8.42. The number of allylic oxidation sites excluding steroid dienone is 1. The lowest BCUT2D eigenvalue weighted by molar-refractivity contribution is -0.385. The number of nitrogens with zero attached hydrogens (tertiary/aromatic N) is 2. The van der Waals surface area contributed by atoms with Crippen molar-refractivity contribution in [1.82, 2.24) is 5.32 Å². The first-order chi connectivity index (χ1) is 12.3. The summed E-state index contributed by atoms with van der Waals surface area (Å²) >= 11 is 0. The Morgan fingerprint density at radius 3 is 2.77 bits per heavy atom. The minimum Gasteiger partial charge on any atom is -0.463 e. The summed E-state index contributed by atoms with van der Waals surface area (Å²) in [7, 11) is 0. The predicted octanol–water partition coefficient (Wildman–Crippen LogP) is 2.86. The molecular weight excluding hydrogens is 338 g/mol. The molecule has 0 radical (unpaired) electrons. The Morgan fingerprint density at radius 2 is 2.12 bits per heavy atom. The zero-order valence-corrected chi connectivity index (χ0v) is 15.1. The highest BCUT2D eigenvalue weighted by Gasteiger charge is 2.55. The van der Waals surface area contributed by atoms with Gasteiger partial charge in [-0.15, -0.1) is 0 Å². The van der Waals surface area contributed by atoms with E-state index in [0.717, 1.165) is 0 Å². The molecule has 0 fully saturated rings. The van der Waals surface area contributed by atoms with Crippen molar-refractivity contribution in [2.45, 2.75) is 39.3 Å². The molecule has 3 atom stereocenters. The van der Waals surface area contributed by atoms with Crippen molar-refractivity contribution < 1.29 is 19.3 Å². The van der Waals surface area contributed by atoms with Gasteiger partial charge in [0.2, 0.25) is 5.72 Å². The second-order valence-corrected chi connectivity index (χ2v) is 6.59. The third-order valence-electron chi connectivity index (χ3n) is 4.87. The van der Waals surface area contributed by atoms with Gasteiger partial charge in [-0.05, 0) is 27.7 Å². The number of nitrogens with one attached hydrogen (secondary N) is 1. The van der Waals surface area contributed by atoms with Gasteiger partial charge in [0.25, 0.3) is 5.69 Å². The minimum atomic E-state index is -0.890. The first-order valence-electron chi connectivity index (χ1n) is 8.42. The van der Waals surface area contributed by atoms with Gasteiger partial charge in [0.15, 0.2) is 0 Å². The number of hydrogen-bond donors (Lipinski definition) is 1. The molecule has 0 saturated heterocycles. The third kappa shape index (κ3) is 2.71. The number of fused-ring (bicyclic) bond motifs is 1. The molecule has 2 aliphatic rings. The van der Waals surface area contributed by atoms with E-state index in [2.05, 4.69) is 10.5 Å². The molecule has 0 saturated carbocycles. The highest BCUT2D eigenvalue weighted by Crippen LogP contribution is 2.49. The van der Waals surface area contributed by atoms with Crippen LogP contribution < -0.4 is 5.32 Å². The summed E-state index contributed by atoms with van der Waals surface area (Å²) in [5, 5.41) is 18.9. The number of benzene rings is 1. The highest BCUT2D eigenvalue weighted by atomic mass is 16.7. The Bertz CT molecular complexity index is 832. The van der Waals surface area contributed by atoms with Crippen LogP contribution in [0, 0.1) is 16.0 Å². The van der Waals surface area contributed by atoms with Crippen molar-refractivity contribution in [1.29, 1.82) is 0 Å². The van der Waals surface area contributed by atoms with Crippen LogP contribution in [0.5, 0.6) is 0 Å². The smallest absolute Gasteiger partial charge is 0.336 e. The molecular formula is C18H21N3O5. The second kappa shape index (κ2) is 6.44. The average Bonchev–Trinajstić information content (AvgIpc) is 2.88. The topological polar surface area (TPSA) is 103 Å². The molecule has 8 nitrogen and oxygen atoms in total. The summed E-state index contributed by atoms with van der Waals surface area (Å²) in [6.07, 6.45) is 0. The predicted molar refractivity (Wildman–Crippen MR) is 94.4 cm³/mol. The molecule has 0 bridgehead atoms. The van der Waals surface area contributed by atoms with Gasteiger partial charge < -0.3 is 14.9 Å². The van der Waals surface area contributed by atoms with Crippen LogP contribution in [-0.2, 0) is 14.4 Å². The van der Waals surface area contributed by atoms with Gasteiger partial charge in [-0.2, -0.15) is 0 Å². The summed E-state index contributed by atoms with van der Waals surface area (Å²) < 4.78 is 5.23. The number of oxime groups is 1. The van der Waals surface area contributed by atoms with E-state index in [1.807, 2.05) is 6.92 Å². The van der Waals surface area contributed by atoms with Crippen LogP contribution in [0.1, 0.15) is 39.2 Å². The number of ether oxygens (including phenoxy) is 1. The molecule has 3 unspecified atom stereocenters. The van der Waals surface area contributed by atoms with E-state index in [-0.39, 0.29) is 18.2 Å². The van der Waals surface area contributed by atoms with Crippen LogP contribution in [-0.4, -0.2) is 28.9 Å². The van der Waals surface area contributed by atoms with E-state index in [1.165, 1.54) is 6.07 Å². The average molecular weight is 359 g/mol. The molecule has 8 heteroatoms. The molecule has 0 spiro atoms. The lowest BCUT2D eigenvalue weighted by Gasteiger charge is -2.41. The third-order valence-corrected chi connectivity index (χ3v) is 4.87. The van der Waals surface area contributed by atoms with E-state index in [9.17, 15) is 14.9 Å². The molecule has 1 aromatic rings. The maximum absolute atomic E-state index is 12.7. The van der Waals surface area contributed by atoms with E-state index < -0.39 is 22.5 Å². The summed E-state index contributed by atoms with van der Waals surface area (Å²) in [5.74, 6) is -1.48. The number of rotatable bonds is 4. The Balaban J connectivity index is 2.25. The monoisotopic (exact) mass is 359 g/mol. The summed E-state index contributed by atoms with van der Waals surface area (Å²) in [4.78, 5) is 29.5. The summed E-state index contributed by atoms with van der Waals surface area (Å²) in [5.41, 5.74) is 1.10. The molecule has 138 valence electrons. The van der Waals surface area contributed by atoms with Crippen LogP contribution in [0.4, 0.5) is 5.69 Å². The van der Waals surface area contributed by atoms with Crippen LogP contribution in [0.25, 0.3) is 0 Å². The SMILES string of the molecule is CCOC(=O)C1=C(C)NC2(C)ON=C(C)C2C1c1ccccc1[N+](=O)[O-]. The fraction of sp³-hybridized carbons (Fsp3) is 0.444. The number of hydrogen-bond acceptors (Lipinski definition) is 7. The number of esters is 1. The normalized spacial score (nSPS) is 27.2. The van der Waals surface area contributed by atoms with Crippen molar-refractivity contribution in [2.75, 3.05) is 6.61 Å². The summed E-state index contributed by atoms with van der Waals surface area (Å²) in [6, 6.07) is 6.44. The lowest BCUT2D eigenvalue weighted by atomic mass is 9.70. The Kier molecular flexibility index (Phi) is 4.43. The van der Waals surface area contributed by atoms with Gasteiger partial charge in [-0.1, -0.05) is 23.4 Å². The van der Waals surface area contributed by atoms with Crippen molar-refractivity contribution in [3.63, 3.8) is 0 Å². The van der Waals surface area contributed by atoms with E-state index >= 15 is 0 Å². The zero-order chi connectivity index (χ0) is 19.1. The molecule has 0 aliphatic carbocycles. The van der Waals surface area contributed by atoms with Gasteiger partial charge in [-0.25, -0.2) is 4.79 Å². The molecule has 1 N–H and O–H groups in total. The molecule has 0 amide bonds. The molecule has 1 aromatic carbocycles. The van der Waals surface area contributed by atoms with Crippen molar-refractivity contribution >= 4 is 17.4 Å². The molecule has 2 aliphatic heterocycles. The van der Waals surface area contributed by atoms with E-state index in [0.29, 0.717) is 22.5 Å². The largest absolute Gasteiger partial charge is 0.463 e. The van der Waals surface area contributed by atoms with Crippen molar-refractivity contribution in [2.24, 2.45) is 11.1 Å². The second-order valence-electron chi connectivity index (χ2n) is 6.59. The van der Waals surface area contributed by atoms with Gasteiger partial charge in [0.1, 0.15) is 0 Å². The van der Waals surface area contributed by atoms with Gasteiger partial charge in [0, 0.05) is 23.2 Å². The quantitative estimate of drug-likeness (QED) is 0.504. The van der Waals surface area contributed by atoms with Gasteiger partial charge in [0.05, 0.1) is 28.7 Å². The highest BCUT2D eigenvalue weighted by molar-refractivity contribution is 5.96. The Hall–Kier alpha value is -2.90. The van der Waals surface area contributed by atoms with Crippen LogP contribution >= 0.6 is 0 Å². The van der Waals surface area contributed by atoms with E-state index in [4.69, 9.17) is 9.57 Å². The fourth-order valence-electron chi connectivity index (χ4n) is 3.92.